The van der Waals surface area contributed by atoms with Crippen molar-refractivity contribution in [2.45, 2.75) is 33.7 Å². The third kappa shape index (κ3) is 3.36. The van der Waals surface area contributed by atoms with Crippen molar-refractivity contribution in [3.63, 3.8) is 0 Å². The lowest BCUT2D eigenvalue weighted by molar-refractivity contribution is 0.452. The van der Waals surface area contributed by atoms with Gasteiger partial charge in [-0.2, -0.15) is 0 Å². The Labute approximate surface area is 121 Å². The average Bonchev–Trinajstić information content (AvgIpc) is 2.43. The van der Waals surface area contributed by atoms with E-state index in [0.29, 0.717) is 5.88 Å². The first-order valence-electron chi connectivity index (χ1n) is 7.02. The lowest BCUT2D eigenvalue weighted by atomic mass is 10.1. The zero-order valence-corrected chi connectivity index (χ0v) is 12.7. The highest BCUT2D eigenvalue weighted by Crippen LogP contribution is 2.26. The van der Waals surface area contributed by atoms with Crippen LogP contribution in [0.25, 0.3) is 0 Å². The topological polar surface area (TPSA) is 34.1 Å². The van der Waals surface area contributed by atoms with Crippen LogP contribution in [-0.2, 0) is 13.0 Å². The molecule has 0 spiro atoms. The Morgan fingerprint density at radius 2 is 1.85 bits per heavy atom. The fourth-order valence-corrected chi connectivity index (χ4v) is 2.21. The van der Waals surface area contributed by atoms with Gasteiger partial charge in [-0.1, -0.05) is 19.1 Å². The fourth-order valence-electron chi connectivity index (χ4n) is 2.21. The van der Waals surface area contributed by atoms with E-state index in [0.717, 1.165) is 30.0 Å². The predicted molar refractivity (Wildman–Crippen MR) is 82.4 cm³/mol. The molecule has 0 saturated carbocycles. The molecular formula is C17H22N2O. The number of hydrogen-bond acceptors (Lipinski definition) is 3. The fraction of sp³-hybridized carbons (Fsp3) is 0.353. The van der Waals surface area contributed by atoms with E-state index in [-0.39, 0.29) is 0 Å². The second kappa shape index (κ2) is 6.53. The van der Waals surface area contributed by atoms with Crippen LogP contribution < -0.4 is 10.1 Å². The van der Waals surface area contributed by atoms with Crippen LogP contribution in [0.5, 0.6) is 11.6 Å². The second-order valence-electron chi connectivity index (χ2n) is 4.99. The van der Waals surface area contributed by atoms with Crippen molar-refractivity contribution >= 4 is 0 Å². The van der Waals surface area contributed by atoms with Crippen LogP contribution in [0.1, 0.15) is 29.3 Å². The first-order chi connectivity index (χ1) is 9.63. The highest BCUT2D eigenvalue weighted by Gasteiger charge is 2.10. The third-order valence-corrected chi connectivity index (χ3v) is 3.34. The van der Waals surface area contributed by atoms with Gasteiger partial charge < -0.3 is 10.1 Å². The molecule has 0 atom stereocenters. The first kappa shape index (κ1) is 14.5. The van der Waals surface area contributed by atoms with Crippen molar-refractivity contribution in [3.8, 4) is 11.6 Å². The van der Waals surface area contributed by atoms with Crippen molar-refractivity contribution in [2.75, 3.05) is 7.05 Å². The molecule has 0 aliphatic heterocycles. The van der Waals surface area contributed by atoms with Gasteiger partial charge in [-0.3, -0.25) is 0 Å². The number of hydrogen-bond donors (Lipinski definition) is 1. The van der Waals surface area contributed by atoms with Gasteiger partial charge in [0, 0.05) is 17.8 Å². The Hall–Kier alpha value is -1.87. The molecule has 1 aromatic carbocycles. The summed E-state index contributed by atoms with van der Waals surface area (Å²) >= 11 is 0. The van der Waals surface area contributed by atoms with E-state index in [2.05, 4.69) is 42.3 Å². The summed E-state index contributed by atoms with van der Waals surface area (Å²) in [7, 11) is 1.93. The lowest BCUT2D eigenvalue weighted by Crippen LogP contribution is -2.09. The molecule has 0 aliphatic rings. The molecule has 20 heavy (non-hydrogen) atoms. The quantitative estimate of drug-likeness (QED) is 0.898. The maximum absolute atomic E-state index is 5.97. The van der Waals surface area contributed by atoms with Crippen molar-refractivity contribution in [1.29, 1.82) is 0 Å². The van der Waals surface area contributed by atoms with E-state index < -0.39 is 0 Å². The van der Waals surface area contributed by atoms with Gasteiger partial charge in [0.25, 0.3) is 0 Å². The summed E-state index contributed by atoms with van der Waals surface area (Å²) in [4.78, 5) is 4.53. The van der Waals surface area contributed by atoms with Crippen LogP contribution in [0, 0.1) is 13.8 Å². The van der Waals surface area contributed by atoms with E-state index in [1.54, 1.807) is 0 Å². The zero-order valence-electron chi connectivity index (χ0n) is 12.7. The maximum Gasteiger partial charge on any atom is 0.224 e. The minimum atomic E-state index is 0.695. The standard InChI is InChI=1S/C17H22N2O/c1-5-14-6-8-15(9-7-14)20-17-16(11-18-4)12(2)10-13(3)19-17/h6-10,18H,5,11H2,1-4H3. The normalized spacial score (nSPS) is 10.6. The van der Waals surface area contributed by atoms with Crippen molar-refractivity contribution in [2.24, 2.45) is 0 Å². The number of nitrogens with one attached hydrogen (secondary N) is 1. The number of aryl methyl sites for hydroxylation is 3. The van der Waals surface area contributed by atoms with Crippen LogP contribution >= 0.6 is 0 Å². The Morgan fingerprint density at radius 3 is 2.45 bits per heavy atom. The molecule has 2 rings (SSSR count). The van der Waals surface area contributed by atoms with Gasteiger partial charge in [-0.25, -0.2) is 4.98 Å². The molecule has 0 unspecified atom stereocenters. The van der Waals surface area contributed by atoms with E-state index in [9.17, 15) is 0 Å². The Morgan fingerprint density at radius 1 is 1.15 bits per heavy atom. The van der Waals surface area contributed by atoms with Gasteiger partial charge in [0.15, 0.2) is 0 Å². The molecule has 0 saturated heterocycles. The molecular weight excluding hydrogens is 248 g/mol. The molecule has 1 heterocycles. The number of benzene rings is 1. The SMILES string of the molecule is CCc1ccc(Oc2nc(C)cc(C)c2CNC)cc1. The van der Waals surface area contributed by atoms with E-state index in [4.69, 9.17) is 4.74 Å². The summed E-state index contributed by atoms with van der Waals surface area (Å²) < 4.78 is 5.97. The average molecular weight is 270 g/mol. The molecule has 0 aliphatic carbocycles. The summed E-state index contributed by atoms with van der Waals surface area (Å²) in [6.07, 6.45) is 1.03. The van der Waals surface area contributed by atoms with E-state index in [1.165, 1.54) is 11.1 Å². The third-order valence-electron chi connectivity index (χ3n) is 3.34. The monoisotopic (exact) mass is 270 g/mol. The molecule has 2 aromatic rings. The molecule has 3 nitrogen and oxygen atoms in total. The lowest BCUT2D eigenvalue weighted by Gasteiger charge is -2.13. The zero-order chi connectivity index (χ0) is 14.5. The molecule has 0 bridgehead atoms. The minimum absolute atomic E-state index is 0.695. The van der Waals surface area contributed by atoms with Gasteiger partial charge in [-0.05, 0) is 56.6 Å². The highest BCUT2D eigenvalue weighted by atomic mass is 16.5. The van der Waals surface area contributed by atoms with Gasteiger partial charge in [0.05, 0.1) is 0 Å². The molecule has 3 heteroatoms. The Balaban J connectivity index is 2.31. The number of nitrogens with zero attached hydrogens (tertiary/aromatic N) is 1. The summed E-state index contributed by atoms with van der Waals surface area (Å²) in [5, 5.41) is 3.17. The minimum Gasteiger partial charge on any atom is -0.439 e. The van der Waals surface area contributed by atoms with Crippen LogP contribution in [-0.4, -0.2) is 12.0 Å². The Bertz CT molecular complexity index is 576. The van der Waals surface area contributed by atoms with Crippen LogP contribution in [0.4, 0.5) is 0 Å². The molecule has 0 amide bonds. The smallest absolute Gasteiger partial charge is 0.224 e. The molecule has 1 aromatic heterocycles. The number of ether oxygens (including phenoxy) is 1. The van der Waals surface area contributed by atoms with E-state index in [1.807, 2.05) is 26.1 Å². The van der Waals surface area contributed by atoms with Crippen molar-refractivity contribution in [3.05, 3.63) is 52.7 Å². The Kier molecular flexibility index (Phi) is 4.74. The van der Waals surface area contributed by atoms with Crippen LogP contribution in [0.2, 0.25) is 0 Å². The summed E-state index contributed by atoms with van der Waals surface area (Å²) in [5.74, 6) is 1.53. The number of pyridine rings is 1. The van der Waals surface area contributed by atoms with Gasteiger partial charge >= 0.3 is 0 Å². The van der Waals surface area contributed by atoms with Crippen LogP contribution in [0.15, 0.2) is 30.3 Å². The molecule has 1 N–H and O–H groups in total. The van der Waals surface area contributed by atoms with Gasteiger partial charge in [0.2, 0.25) is 5.88 Å². The van der Waals surface area contributed by atoms with Crippen molar-refractivity contribution in [1.82, 2.24) is 10.3 Å². The number of rotatable bonds is 5. The summed E-state index contributed by atoms with van der Waals surface area (Å²) in [5.41, 5.74) is 4.59. The molecule has 0 radical (unpaired) electrons. The van der Waals surface area contributed by atoms with Gasteiger partial charge in [0.1, 0.15) is 5.75 Å². The predicted octanol–water partition coefficient (Wildman–Crippen LogP) is 3.77. The van der Waals surface area contributed by atoms with E-state index >= 15 is 0 Å². The highest BCUT2D eigenvalue weighted by molar-refractivity contribution is 5.39. The number of aromatic nitrogens is 1. The van der Waals surface area contributed by atoms with Crippen LogP contribution in [0.3, 0.4) is 0 Å². The molecule has 106 valence electrons. The largest absolute Gasteiger partial charge is 0.439 e. The van der Waals surface area contributed by atoms with Crippen molar-refractivity contribution < 1.29 is 4.74 Å². The second-order valence-corrected chi connectivity index (χ2v) is 4.99. The maximum atomic E-state index is 5.97. The summed E-state index contributed by atoms with van der Waals surface area (Å²) in [6, 6.07) is 10.3. The molecule has 0 fully saturated rings. The van der Waals surface area contributed by atoms with Gasteiger partial charge in [-0.15, -0.1) is 0 Å². The first-order valence-corrected chi connectivity index (χ1v) is 7.02. The summed E-state index contributed by atoms with van der Waals surface area (Å²) in [6.45, 7) is 6.98.